The number of aromatic amines is 1. The quantitative estimate of drug-likeness (QED) is 0.0746. The third-order valence-electron chi connectivity index (χ3n) is 11.1. The second kappa shape index (κ2) is 16.6. The molecule has 290 valence electrons. The number of imide groups is 2. The number of nitrogens with one attached hydrogen (secondary N) is 2. The van der Waals surface area contributed by atoms with Gasteiger partial charge in [0, 0.05) is 93.0 Å². The number of nitrogens with zero attached hydrogens (tertiary/aromatic N) is 7. The van der Waals surface area contributed by atoms with Gasteiger partial charge < -0.3 is 20.3 Å². The van der Waals surface area contributed by atoms with Gasteiger partial charge in [0.25, 0.3) is 11.8 Å². The molecule has 15 heteroatoms. The van der Waals surface area contributed by atoms with Gasteiger partial charge in [0.1, 0.15) is 17.6 Å². The Morgan fingerprint density at radius 2 is 1.71 bits per heavy atom. The van der Waals surface area contributed by atoms with E-state index in [2.05, 4.69) is 55.0 Å². The van der Waals surface area contributed by atoms with Crippen LogP contribution in [0.5, 0.6) is 0 Å². The van der Waals surface area contributed by atoms with Crippen LogP contribution >= 0.6 is 0 Å². The van der Waals surface area contributed by atoms with Gasteiger partial charge in [-0.3, -0.25) is 44.3 Å². The van der Waals surface area contributed by atoms with E-state index in [0.717, 1.165) is 90.9 Å². The molecule has 15 nitrogen and oxygen atoms in total. The van der Waals surface area contributed by atoms with Crippen LogP contribution in [0.3, 0.4) is 0 Å². The highest BCUT2D eigenvalue weighted by atomic mass is 16.5. The van der Waals surface area contributed by atoms with E-state index in [0.29, 0.717) is 43.0 Å². The van der Waals surface area contributed by atoms with E-state index in [1.165, 1.54) is 0 Å². The first-order valence-corrected chi connectivity index (χ1v) is 19.2. The molecule has 3 aliphatic heterocycles. The summed E-state index contributed by atoms with van der Waals surface area (Å²) in [6, 6.07) is 14.8. The predicted molar refractivity (Wildman–Crippen MR) is 211 cm³/mol. The normalized spacial score (nSPS) is 19.9. The largest absolute Gasteiger partial charge is 0.399 e. The third kappa shape index (κ3) is 7.90. The lowest BCUT2D eigenvalue weighted by molar-refractivity contribution is -0.128. The third-order valence-corrected chi connectivity index (χ3v) is 11.1. The molecule has 3 aliphatic rings. The van der Waals surface area contributed by atoms with Gasteiger partial charge in [-0.2, -0.15) is 5.10 Å². The summed E-state index contributed by atoms with van der Waals surface area (Å²) in [5.41, 5.74) is 11.0. The minimum Gasteiger partial charge on any atom is -0.399 e. The number of hydrogen-bond donors (Lipinski definition) is 3. The summed E-state index contributed by atoms with van der Waals surface area (Å²) in [7, 11) is 0. The Hall–Kier alpha value is -5.38. The number of anilines is 3. The highest BCUT2D eigenvalue weighted by Crippen LogP contribution is 2.32. The number of piperazine rings is 2. The standard InChI is InChI=1S/C40H50N10O5/c1-4-5-35(38(52)43-25-51)50-39(53)31-8-7-30(22-32(31)40(50)54)47-14-12-46(13-15-47)16-18-55-19-17-49-26(2)23-48(24-27(49)3)36-20-28(10-11-42-36)37-33-21-29(41)6-9-34(33)44-45-37/h6-11,20-22,25-27,35H,4-5,12-19,23-24,41H2,1-3H3,(H,44,45)(H,43,51,52). The second-order valence-corrected chi connectivity index (χ2v) is 14.7. The molecular formula is C40H50N10O5. The van der Waals surface area contributed by atoms with Crippen LogP contribution in [0.4, 0.5) is 17.2 Å². The molecule has 5 heterocycles. The van der Waals surface area contributed by atoms with E-state index in [4.69, 9.17) is 15.5 Å². The Labute approximate surface area is 320 Å². The van der Waals surface area contributed by atoms with Crippen molar-refractivity contribution >= 4 is 52.2 Å². The van der Waals surface area contributed by atoms with Gasteiger partial charge in [-0.15, -0.1) is 0 Å². The number of ether oxygens (including phenoxy) is 1. The molecule has 7 rings (SSSR count). The minimum atomic E-state index is -1.03. The summed E-state index contributed by atoms with van der Waals surface area (Å²) in [6.45, 7) is 14.3. The molecule has 0 saturated carbocycles. The zero-order valence-electron chi connectivity index (χ0n) is 31.7. The van der Waals surface area contributed by atoms with Crippen molar-refractivity contribution in [2.75, 3.05) is 81.1 Å². The number of nitrogens with two attached hydrogens (primary N) is 1. The first-order valence-electron chi connectivity index (χ1n) is 19.2. The first-order chi connectivity index (χ1) is 26.7. The Morgan fingerprint density at radius 3 is 2.45 bits per heavy atom. The van der Waals surface area contributed by atoms with Crippen molar-refractivity contribution in [2.45, 2.75) is 51.7 Å². The van der Waals surface area contributed by atoms with Crippen molar-refractivity contribution in [2.24, 2.45) is 0 Å². The van der Waals surface area contributed by atoms with Gasteiger partial charge in [0.2, 0.25) is 12.3 Å². The molecule has 0 radical (unpaired) electrons. The van der Waals surface area contributed by atoms with Gasteiger partial charge in [-0.1, -0.05) is 13.3 Å². The Bertz CT molecular complexity index is 2030. The molecule has 0 spiro atoms. The summed E-state index contributed by atoms with van der Waals surface area (Å²) >= 11 is 0. The van der Waals surface area contributed by atoms with E-state index in [-0.39, 0.29) is 18.4 Å². The van der Waals surface area contributed by atoms with E-state index in [1.807, 2.05) is 43.5 Å². The van der Waals surface area contributed by atoms with Crippen molar-refractivity contribution in [1.82, 2.24) is 35.2 Å². The first kappa shape index (κ1) is 37.9. The van der Waals surface area contributed by atoms with Gasteiger partial charge >= 0.3 is 0 Å². The molecule has 2 aromatic carbocycles. The lowest BCUT2D eigenvalue weighted by Crippen LogP contribution is -2.57. The Balaban J connectivity index is 0.851. The lowest BCUT2D eigenvalue weighted by atomic mass is 10.1. The summed E-state index contributed by atoms with van der Waals surface area (Å²) < 4.78 is 6.15. The molecule has 3 unspecified atom stereocenters. The fourth-order valence-corrected chi connectivity index (χ4v) is 8.20. The molecule has 4 N–H and O–H groups in total. The van der Waals surface area contributed by atoms with Gasteiger partial charge in [0.15, 0.2) is 0 Å². The van der Waals surface area contributed by atoms with E-state index >= 15 is 0 Å². The van der Waals surface area contributed by atoms with E-state index in [1.54, 1.807) is 12.1 Å². The van der Waals surface area contributed by atoms with Crippen LogP contribution in [0.15, 0.2) is 54.7 Å². The molecule has 4 amide bonds. The van der Waals surface area contributed by atoms with Crippen molar-refractivity contribution in [3.8, 4) is 11.3 Å². The molecule has 0 aliphatic carbocycles. The fraction of sp³-hybridized carbons (Fsp3) is 0.450. The molecule has 4 aromatic rings. The molecule has 55 heavy (non-hydrogen) atoms. The van der Waals surface area contributed by atoms with Crippen LogP contribution in [0, 0.1) is 0 Å². The number of hydrogen-bond acceptors (Lipinski definition) is 12. The molecule has 3 atom stereocenters. The summed E-state index contributed by atoms with van der Waals surface area (Å²) in [6.07, 6.45) is 2.97. The minimum absolute atomic E-state index is 0.274. The van der Waals surface area contributed by atoms with E-state index in [9.17, 15) is 19.2 Å². The van der Waals surface area contributed by atoms with Crippen LogP contribution in [0.25, 0.3) is 22.2 Å². The maximum Gasteiger partial charge on any atom is 0.262 e. The number of amides is 4. The number of nitrogen functional groups attached to an aromatic ring is 1. The highest BCUT2D eigenvalue weighted by Gasteiger charge is 2.43. The van der Waals surface area contributed by atoms with Crippen LogP contribution in [-0.2, 0) is 14.3 Å². The van der Waals surface area contributed by atoms with Crippen LogP contribution in [0.2, 0.25) is 0 Å². The topological polar surface area (TPSA) is 173 Å². The SMILES string of the molecule is CCCC(C(=O)NC=O)N1C(=O)c2ccc(N3CCN(CCOCCN4C(C)CN(c5cc(-c6n[nH]c7ccc(N)cc67)ccn5)CC4C)CC3)cc2C1=O. The average Bonchev–Trinajstić information content (AvgIpc) is 3.71. The van der Waals surface area contributed by atoms with Crippen molar-refractivity contribution in [1.29, 1.82) is 0 Å². The molecule has 2 aromatic heterocycles. The number of fused-ring (bicyclic) bond motifs is 2. The second-order valence-electron chi connectivity index (χ2n) is 14.7. The highest BCUT2D eigenvalue weighted by molar-refractivity contribution is 6.23. The Kier molecular flexibility index (Phi) is 11.4. The predicted octanol–water partition coefficient (Wildman–Crippen LogP) is 2.98. The number of H-pyrrole nitrogens is 1. The molecular weight excluding hydrogens is 701 g/mol. The summed E-state index contributed by atoms with van der Waals surface area (Å²) in [4.78, 5) is 65.2. The zero-order valence-corrected chi connectivity index (χ0v) is 31.7. The van der Waals surface area contributed by atoms with Crippen molar-refractivity contribution < 1.29 is 23.9 Å². The monoisotopic (exact) mass is 750 g/mol. The molecule has 2 fully saturated rings. The fourth-order valence-electron chi connectivity index (χ4n) is 8.20. The smallest absolute Gasteiger partial charge is 0.262 e. The maximum absolute atomic E-state index is 13.4. The number of carbonyl (C=O) groups excluding carboxylic acids is 4. The van der Waals surface area contributed by atoms with Gasteiger partial charge in [0.05, 0.1) is 29.9 Å². The molecule has 2 saturated heterocycles. The van der Waals surface area contributed by atoms with Crippen molar-refractivity contribution in [3.05, 3.63) is 65.9 Å². The number of carbonyl (C=O) groups is 4. The Morgan fingerprint density at radius 1 is 0.964 bits per heavy atom. The van der Waals surface area contributed by atoms with E-state index < -0.39 is 23.8 Å². The number of benzene rings is 2. The van der Waals surface area contributed by atoms with Gasteiger partial charge in [-0.05, 0) is 68.8 Å². The number of aromatic nitrogens is 3. The average molecular weight is 751 g/mol. The van der Waals surface area contributed by atoms with Crippen LogP contribution in [0.1, 0.15) is 54.3 Å². The van der Waals surface area contributed by atoms with Crippen LogP contribution < -0.4 is 20.9 Å². The number of pyridine rings is 1. The van der Waals surface area contributed by atoms with Crippen molar-refractivity contribution in [3.63, 3.8) is 0 Å². The molecule has 0 bridgehead atoms. The lowest BCUT2D eigenvalue weighted by Gasteiger charge is -2.45. The zero-order chi connectivity index (χ0) is 38.6. The number of rotatable bonds is 14. The van der Waals surface area contributed by atoms with Crippen LogP contribution in [-0.4, -0.2) is 138 Å². The van der Waals surface area contributed by atoms with Gasteiger partial charge in [-0.25, -0.2) is 4.98 Å². The maximum atomic E-state index is 13.4. The summed E-state index contributed by atoms with van der Waals surface area (Å²) in [5, 5.41) is 10.8. The summed E-state index contributed by atoms with van der Waals surface area (Å²) in [5.74, 6) is -0.724.